The first-order chi connectivity index (χ1) is 13.8. The molecule has 1 amide bonds. The topological polar surface area (TPSA) is 96.0 Å². The molecule has 1 atom stereocenters. The molecule has 1 aromatic carbocycles. The van der Waals surface area contributed by atoms with Crippen molar-refractivity contribution in [3.63, 3.8) is 0 Å². The average Bonchev–Trinajstić information content (AvgIpc) is 3.30. The lowest BCUT2D eigenvalue weighted by molar-refractivity contribution is -0.130. The summed E-state index contributed by atoms with van der Waals surface area (Å²) in [5.74, 6) is 1.29. The molecule has 0 aliphatic carbocycles. The number of nitrogens with one attached hydrogen (secondary N) is 1. The Kier molecular flexibility index (Phi) is 7.00. The van der Waals surface area contributed by atoms with Gasteiger partial charge in [-0.1, -0.05) is 56.8 Å². The quantitative estimate of drug-likeness (QED) is 0.639. The fourth-order valence-corrected chi connectivity index (χ4v) is 5.83. The molecule has 0 bridgehead atoms. The lowest BCUT2D eigenvalue weighted by atomic mass is 10.1. The summed E-state index contributed by atoms with van der Waals surface area (Å²) in [6.07, 6.45) is 1.50. The number of aromatic amines is 1. The molecule has 2 heterocycles. The molecule has 0 spiro atoms. The molecule has 9 heteroatoms. The van der Waals surface area contributed by atoms with Gasteiger partial charge in [-0.05, 0) is 24.3 Å². The second-order valence-corrected chi connectivity index (χ2v) is 11.0. The summed E-state index contributed by atoms with van der Waals surface area (Å²) in [6.45, 7) is 6.73. The van der Waals surface area contributed by atoms with Gasteiger partial charge in [-0.25, -0.2) is 13.4 Å². The van der Waals surface area contributed by atoms with Gasteiger partial charge in [0.05, 0.1) is 17.3 Å². The number of nitrogens with zero attached hydrogens (tertiary/aromatic N) is 3. The number of amides is 1. The SMILES string of the molecule is CCc1ccc(-c2nc(SCC(=O)N(CC(C)C)[C@@H]3CCS(=O)(=O)C3)n[nH]2)cc1. The van der Waals surface area contributed by atoms with Gasteiger partial charge in [-0.3, -0.25) is 9.89 Å². The first-order valence-corrected chi connectivity index (χ1v) is 12.7. The molecule has 0 unspecified atom stereocenters. The number of rotatable bonds is 8. The number of aryl methyl sites for hydroxylation is 1. The maximum atomic E-state index is 12.8. The van der Waals surface area contributed by atoms with E-state index in [2.05, 4.69) is 34.2 Å². The number of thioether (sulfide) groups is 1. The van der Waals surface area contributed by atoms with E-state index in [-0.39, 0.29) is 35.1 Å². The Bertz CT molecular complexity index is 939. The average molecular weight is 437 g/mol. The molecule has 29 heavy (non-hydrogen) atoms. The number of H-pyrrole nitrogens is 1. The van der Waals surface area contributed by atoms with Crippen molar-refractivity contribution in [2.24, 2.45) is 5.92 Å². The highest BCUT2D eigenvalue weighted by molar-refractivity contribution is 7.99. The second kappa shape index (κ2) is 9.30. The van der Waals surface area contributed by atoms with Crippen LogP contribution in [0.15, 0.2) is 29.4 Å². The van der Waals surface area contributed by atoms with Crippen molar-refractivity contribution in [1.82, 2.24) is 20.1 Å². The van der Waals surface area contributed by atoms with Gasteiger partial charge in [-0.2, -0.15) is 0 Å². The van der Waals surface area contributed by atoms with Gasteiger partial charge in [-0.15, -0.1) is 5.10 Å². The van der Waals surface area contributed by atoms with Crippen LogP contribution in [0.4, 0.5) is 0 Å². The molecular weight excluding hydrogens is 408 g/mol. The van der Waals surface area contributed by atoms with Crippen molar-refractivity contribution in [3.05, 3.63) is 29.8 Å². The minimum absolute atomic E-state index is 0.0642. The van der Waals surface area contributed by atoms with Crippen LogP contribution < -0.4 is 0 Å². The molecule has 2 aromatic rings. The van der Waals surface area contributed by atoms with Crippen LogP contribution in [0.1, 0.15) is 32.8 Å². The van der Waals surface area contributed by atoms with E-state index in [0.29, 0.717) is 23.9 Å². The van der Waals surface area contributed by atoms with Crippen LogP contribution in [0.3, 0.4) is 0 Å². The lowest BCUT2D eigenvalue weighted by Crippen LogP contribution is -2.44. The number of benzene rings is 1. The highest BCUT2D eigenvalue weighted by Gasteiger charge is 2.34. The number of carbonyl (C=O) groups is 1. The normalized spacial score (nSPS) is 18.3. The lowest BCUT2D eigenvalue weighted by Gasteiger charge is -2.29. The molecule has 158 valence electrons. The summed E-state index contributed by atoms with van der Waals surface area (Å²) < 4.78 is 23.7. The Morgan fingerprint density at radius 1 is 1.31 bits per heavy atom. The summed E-state index contributed by atoms with van der Waals surface area (Å²) in [5, 5.41) is 7.64. The van der Waals surface area contributed by atoms with E-state index in [9.17, 15) is 13.2 Å². The van der Waals surface area contributed by atoms with E-state index in [1.54, 1.807) is 4.90 Å². The van der Waals surface area contributed by atoms with Gasteiger partial charge >= 0.3 is 0 Å². The molecule has 1 N–H and O–H groups in total. The predicted octanol–water partition coefficient (Wildman–Crippen LogP) is 2.80. The summed E-state index contributed by atoms with van der Waals surface area (Å²) in [7, 11) is -3.04. The monoisotopic (exact) mass is 436 g/mol. The number of carbonyl (C=O) groups excluding carboxylic acids is 1. The molecular formula is C20H28N4O3S2. The number of hydrogen-bond acceptors (Lipinski definition) is 6. The summed E-state index contributed by atoms with van der Waals surface area (Å²) in [6, 6.07) is 7.91. The van der Waals surface area contributed by atoms with E-state index in [4.69, 9.17) is 0 Å². The third kappa shape index (κ3) is 5.82. The van der Waals surface area contributed by atoms with E-state index >= 15 is 0 Å². The van der Waals surface area contributed by atoms with E-state index < -0.39 is 9.84 Å². The summed E-state index contributed by atoms with van der Waals surface area (Å²) in [4.78, 5) is 19.1. The van der Waals surface area contributed by atoms with Crippen molar-refractivity contribution in [3.8, 4) is 11.4 Å². The molecule has 1 aliphatic heterocycles. The zero-order valence-corrected chi connectivity index (χ0v) is 18.7. The van der Waals surface area contributed by atoms with Crippen molar-refractivity contribution < 1.29 is 13.2 Å². The van der Waals surface area contributed by atoms with Gasteiger partial charge < -0.3 is 4.90 Å². The second-order valence-electron chi connectivity index (χ2n) is 7.80. The van der Waals surface area contributed by atoms with E-state index in [1.165, 1.54) is 17.3 Å². The number of sulfone groups is 1. The Labute approximate surface area is 176 Å². The molecule has 1 aliphatic rings. The van der Waals surface area contributed by atoms with Crippen LogP contribution >= 0.6 is 11.8 Å². The number of aromatic nitrogens is 3. The van der Waals surface area contributed by atoms with E-state index in [1.807, 2.05) is 26.0 Å². The van der Waals surface area contributed by atoms with Crippen LogP contribution in [0, 0.1) is 5.92 Å². The Balaban J connectivity index is 1.63. The first-order valence-electron chi connectivity index (χ1n) is 9.92. The Morgan fingerprint density at radius 2 is 2.03 bits per heavy atom. The molecule has 1 fully saturated rings. The third-order valence-electron chi connectivity index (χ3n) is 4.96. The summed E-state index contributed by atoms with van der Waals surface area (Å²) >= 11 is 1.27. The van der Waals surface area contributed by atoms with Gasteiger partial charge in [0, 0.05) is 18.2 Å². The standard InChI is InChI=1S/C20H28N4O3S2/c1-4-15-5-7-16(8-6-15)19-21-20(23-22-19)28-12-18(25)24(11-14(2)3)17-9-10-29(26,27)13-17/h5-8,14,17H,4,9-13H2,1-3H3,(H,21,22,23)/t17-/m1/s1. The van der Waals surface area contributed by atoms with Crippen LogP contribution in [-0.4, -0.2) is 64.3 Å². The zero-order valence-electron chi connectivity index (χ0n) is 17.1. The van der Waals surface area contributed by atoms with Gasteiger partial charge in [0.15, 0.2) is 15.7 Å². The zero-order chi connectivity index (χ0) is 21.0. The van der Waals surface area contributed by atoms with Crippen LogP contribution in [-0.2, 0) is 21.1 Å². The fourth-order valence-electron chi connectivity index (χ4n) is 3.42. The minimum atomic E-state index is -3.04. The van der Waals surface area contributed by atoms with Crippen molar-refractivity contribution in [2.45, 2.75) is 44.8 Å². The molecule has 1 aromatic heterocycles. The summed E-state index contributed by atoms with van der Waals surface area (Å²) in [5.41, 5.74) is 2.21. The molecule has 7 nitrogen and oxygen atoms in total. The van der Waals surface area contributed by atoms with Crippen molar-refractivity contribution >= 4 is 27.5 Å². The Morgan fingerprint density at radius 3 is 2.62 bits per heavy atom. The molecule has 3 rings (SSSR count). The largest absolute Gasteiger partial charge is 0.338 e. The maximum Gasteiger partial charge on any atom is 0.233 e. The van der Waals surface area contributed by atoms with Crippen LogP contribution in [0.5, 0.6) is 0 Å². The maximum absolute atomic E-state index is 12.8. The van der Waals surface area contributed by atoms with Crippen molar-refractivity contribution in [2.75, 3.05) is 23.8 Å². The fraction of sp³-hybridized carbons (Fsp3) is 0.550. The third-order valence-corrected chi connectivity index (χ3v) is 7.54. The van der Waals surface area contributed by atoms with Crippen LogP contribution in [0.25, 0.3) is 11.4 Å². The number of hydrogen-bond donors (Lipinski definition) is 1. The molecule has 1 saturated heterocycles. The van der Waals surface area contributed by atoms with E-state index in [0.717, 1.165) is 12.0 Å². The minimum Gasteiger partial charge on any atom is -0.338 e. The Hall–Kier alpha value is -1.87. The van der Waals surface area contributed by atoms with Gasteiger partial charge in [0.2, 0.25) is 11.1 Å². The van der Waals surface area contributed by atoms with Crippen molar-refractivity contribution in [1.29, 1.82) is 0 Å². The highest BCUT2D eigenvalue weighted by Crippen LogP contribution is 2.23. The first kappa shape index (κ1) is 21.8. The molecule has 0 radical (unpaired) electrons. The smallest absolute Gasteiger partial charge is 0.233 e. The van der Waals surface area contributed by atoms with Gasteiger partial charge in [0.1, 0.15) is 0 Å². The predicted molar refractivity (Wildman–Crippen MR) is 116 cm³/mol. The van der Waals surface area contributed by atoms with Crippen LogP contribution in [0.2, 0.25) is 0 Å². The molecule has 0 saturated carbocycles. The van der Waals surface area contributed by atoms with Gasteiger partial charge in [0.25, 0.3) is 0 Å². The highest BCUT2D eigenvalue weighted by atomic mass is 32.2.